The summed E-state index contributed by atoms with van der Waals surface area (Å²) in [5.41, 5.74) is 3.27. The predicted molar refractivity (Wildman–Crippen MR) is 111 cm³/mol. The Morgan fingerprint density at radius 3 is 2.48 bits per heavy atom. The van der Waals surface area contributed by atoms with E-state index in [2.05, 4.69) is 24.0 Å². The van der Waals surface area contributed by atoms with Crippen molar-refractivity contribution in [2.75, 3.05) is 0 Å². The topological polar surface area (TPSA) is 72.5 Å². The van der Waals surface area contributed by atoms with E-state index in [-0.39, 0.29) is 18.6 Å². The average Bonchev–Trinajstić information content (AvgIpc) is 3.02. The maximum absolute atomic E-state index is 12.2. The number of esters is 1. The van der Waals surface area contributed by atoms with Gasteiger partial charge in [-0.05, 0) is 48.4 Å². The Morgan fingerprint density at radius 2 is 1.72 bits per heavy atom. The number of aryl methyl sites for hydroxylation is 1. The Morgan fingerprint density at radius 1 is 0.966 bits per heavy atom. The lowest BCUT2D eigenvalue weighted by atomic mass is 10.0. The number of benzene rings is 2. The van der Waals surface area contributed by atoms with Crippen molar-refractivity contribution < 1.29 is 19.1 Å². The third-order valence-corrected chi connectivity index (χ3v) is 4.98. The molecule has 1 N–H and O–H groups in total. The molecule has 0 spiro atoms. The number of ether oxygens (including phenoxy) is 1. The molecule has 5 heteroatoms. The van der Waals surface area contributed by atoms with Crippen molar-refractivity contribution in [3.63, 3.8) is 0 Å². The standard InChI is InChI=1S/C24H25NO4/c1-2-3-4-5-6-8-17-11-13-18(14-12-17)16-29-21(26)15-19-9-7-10-20-22(19)24(28)25-23(20)27/h2,7,9-14H,1,3-6,8,15-16H2,(H,25,27,28). The molecule has 0 saturated heterocycles. The number of allylic oxidation sites excluding steroid dienone is 1. The Balaban J connectivity index is 1.48. The number of unbranched alkanes of at least 4 members (excludes halogenated alkanes) is 3. The van der Waals surface area contributed by atoms with Crippen molar-refractivity contribution in [3.05, 3.63) is 82.9 Å². The highest BCUT2D eigenvalue weighted by Crippen LogP contribution is 2.21. The molecule has 29 heavy (non-hydrogen) atoms. The number of hydrogen-bond acceptors (Lipinski definition) is 4. The number of rotatable bonds is 10. The van der Waals surface area contributed by atoms with E-state index in [4.69, 9.17) is 4.74 Å². The van der Waals surface area contributed by atoms with Gasteiger partial charge in [0.25, 0.3) is 11.8 Å². The van der Waals surface area contributed by atoms with Gasteiger partial charge in [0, 0.05) is 0 Å². The van der Waals surface area contributed by atoms with Crippen molar-refractivity contribution in [1.82, 2.24) is 5.32 Å². The van der Waals surface area contributed by atoms with E-state index in [0.29, 0.717) is 11.1 Å². The van der Waals surface area contributed by atoms with Crippen LogP contribution in [0.1, 0.15) is 63.1 Å². The van der Waals surface area contributed by atoms with Gasteiger partial charge in [-0.1, -0.05) is 48.9 Å². The highest BCUT2D eigenvalue weighted by atomic mass is 16.5. The summed E-state index contributed by atoms with van der Waals surface area (Å²) in [4.78, 5) is 35.9. The Bertz CT molecular complexity index is 915. The summed E-state index contributed by atoms with van der Waals surface area (Å²) >= 11 is 0. The van der Waals surface area contributed by atoms with E-state index in [9.17, 15) is 14.4 Å². The number of imide groups is 1. The minimum Gasteiger partial charge on any atom is -0.461 e. The van der Waals surface area contributed by atoms with Crippen LogP contribution in [0.3, 0.4) is 0 Å². The molecule has 1 heterocycles. The Labute approximate surface area is 170 Å². The highest BCUT2D eigenvalue weighted by molar-refractivity contribution is 6.22. The zero-order valence-electron chi connectivity index (χ0n) is 16.4. The quantitative estimate of drug-likeness (QED) is 0.286. The second-order valence-corrected chi connectivity index (χ2v) is 7.16. The first-order chi connectivity index (χ1) is 14.1. The van der Waals surface area contributed by atoms with E-state index in [1.54, 1.807) is 18.2 Å². The fourth-order valence-electron chi connectivity index (χ4n) is 3.40. The first-order valence-corrected chi connectivity index (χ1v) is 9.90. The first kappa shape index (κ1) is 20.5. The number of carbonyl (C=O) groups is 3. The van der Waals surface area contributed by atoms with Crippen molar-refractivity contribution in [1.29, 1.82) is 0 Å². The summed E-state index contributed by atoms with van der Waals surface area (Å²) in [5.74, 6) is -1.33. The minimum atomic E-state index is -0.464. The smallest absolute Gasteiger partial charge is 0.310 e. The summed E-state index contributed by atoms with van der Waals surface area (Å²) in [5, 5.41) is 2.25. The monoisotopic (exact) mass is 391 g/mol. The largest absolute Gasteiger partial charge is 0.461 e. The number of hydrogen-bond donors (Lipinski definition) is 1. The van der Waals surface area contributed by atoms with Gasteiger partial charge in [-0.2, -0.15) is 0 Å². The maximum atomic E-state index is 12.2. The molecule has 1 aliphatic heterocycles. The average molecular weight is 391 g/mol. The van der Waals surface area contributed by atoms with Crippen LogP contribution in [0.4, 0.5) is 0 Å². The summed E-state index contributed by atoms with van der Waals surface area (Å²) in [6.07, 6.45) is 7.53. The van der Waals surface area contributed by atoms with E-state index in [0.717, 1.165) is 24.8 Å². The van der Waals surface area contributed by atoms with E-state index in [1.807, 2.05) is 18.2 Å². The lowest BCUT2D eigenvalue weighted by molar-refractivity contribution is -0.144. The SMILES string of the molecule is C=CCCCCCc1ccc(COC(=O)Cc2cccc3c2C(=O)NC3=O)cc1. The third kappa shape index (κ3) is 5.41. The van der Waals surface area contributed by atoms with Gasteiger partial charge in [-0.3, -0.25) is 19.7 Å². The molecule has 5 nitrogen and oxygen atoms in total. The van der Waals surface area contributed by atoms with Crippen molar-refractivity contribution in [2.24, 2.45) is 0 Å². The van der Waals surface area contributed by atoms with Crippen LogP contribution in [-0.4, -0.2) is 17.8 Å². The van der Waals surface area contributed by atoms with Gasteiger partial charge in [0.05, 0.1) is 17.5 Å². The second kappa shape index (κ2) is 9.82. The molecule has 0 fully saturated rings. The van der Waals surface area contributed by atoms with Crippen LogP contribution in [0.2, 0.25) is 0 Å². The third-order valence-electron chi connectivity index (χ3n) is 4.98. The van der Waals surface area contributed by atoms with Gasteiger partial charge in [0.1, 0.15) is 6.61 Å². The van der Waals surface area contributed by atoms with Crippen LogP contribution in [-0.2, 0) is 29.0 Å². The fraction of sp³-hybridized carbons (Fsp3) is 0.292. The molecule has 3 rings (SSSR count). The summed E-state index contributed by atoms with van der Waals surface area (Å²) in [6, 6.07) is 13.0. The summed E-state index contributed by atoms with van der Waals surface area (Å²) in [6.45, 7) is 3.91. The van der Waals surface area contributed by atoms with Crippen LogP contribution in [0.15, 0.2) is 55.1 Å². The number of amides is 2. The van der Waals surface area contributed by atoms with E-state index >= 15 is 0 Å². The zero-order valence-corrected chi connectivity index (χ0v) is 16.4. The molecule has 0 atom stereocenters. The van der Waals surface area contributed by atoms with Gasteiger partial charge >= 0.3 is 5.97 Å². The molecule has 0 saturated carbocycles. The lowest BCUT2D eigenvalue weighted by Gasteiger charge is -2.08. The molecule has 2 aromatic rings. The van der Waals surface area contributed by atoms with E-state index < -0.39 is 17.8 Å². The molecule has 2 aromatic carbocycles. The summed E-state index contributed by atoms with van der Waals surface area (Å²) < 4.78 is 5.35. The van der Waals surface area contributed by atoms with Gasteiger partial charge < -0.3 is 4.74 Å². The van der Waals surface area contributed by atoms with E-state index in [1.165, 1.54) is 18.4 Å². The van der Waals surface area contributed by atoms with Gasteiger partial charge in [-0.15, -0.1) is 6.58 Å². The number of nitrogens with one attached hydrogen (secondary N) is 1. The van der Waals surface area contributed by atoms with Crippen LogP contribution < -0.4 is 5.32 Å². The first-order valence-electron chi connectivity index (χ1n) is 9.90. The van der Waals surface area contributed by atoms with Crippen LogP contribution in [0.5, 0.6) is 0 Å². The lowest BCUT2D eigenvalue weighted by Crippen LogP contribution is -2.20. The van der Waals surface area contributed by atoms with Crippen molar-refractivity contribution in [3.8, 4) is 0 Å². The Kier molecular flexibility index (Phi) is 6.95. The molecular weight excluding hydrogens is 366 g/mol. The van der Waals surface area contributed by atoms with Gasteiger partial charge in [0.2, 0.25) is 0 Å². The number of fused-ring (bicyclic) bond motifs is 1. The molecule has 0 aromatic heterocycles. The molecule has 0 aliphatic carbocycles. The van der Waals surface area contributed by atoms with Crippen molar-refractivity contribution in [2.45, 2.75) is 45.1 Å². The molecule has 1 aliphatic rings. The molecular formula is C24H25NO4. The molecule has 150 valence electrons. The Hall–Kier alpha value is -3.21. The van der Waals surface area contributed by atoms with Crippen LogP contribution in [0.25, 0.3) is 0 Å². The summed E-state index contributed by atoms with van der Waals surface area (Å²) in [7, 11) is 0. The van der Waals surface area contributed by atoms with Gasteiger partial charge in [-0.25, -0.2) is 0 Å². The van der Waals surface area contributed by atoms with Crippen LogP contribution >= 0.6 is 0 Å². The molecule has 2 amide bonds. The second-order valence-electron chi connectivity index (χ2n) is 7.16. The molecule has 0 unspecified atom stereocenters. The minimum absolute atomic E-state index is 0.0489. The zero-order chi connectivity index (χ0) is 20.6. The highest BCUT2D eigenvalue weighted by Gasteiger charge is 2.29. The van der Waals surface area contributed by atoms with Crippen molar-refractivity contribution >= 4 is 17.8 Å². The predicted octanol–water partition coefficient (Wildman–Crippen LogP) is 4.15. The molecule has 0 radical (unpaired) electrons. The van der Waals surface area contributed by atoms with Gasteiger partial charge in [0.15, 0.2) is 0 Å². The number of carbonyl (C=O) groups excluding carboxylic acids is 3. The fourth-order valence-corrected chi connectivity index (χ4v) is 3.40. The molecule has 0 bridgehead atoms. The normalized spacial score (nSPS) is 12.4. The maximum Gasteiger partial charge on any atom is 0.310 e. The van der Waals surface area contributed by atoms with Crippen LogP contribution in [0, 0.1) is 0 Å².